The minimum atomic E-state index is -0.339. The fourth-order valence-corrected chi connectivity index (χ4v) is 1.86. The third-order valence-corrected chi connectivity index (χ3v) is 2.85. The summed E-state index contributed by atoms with van der Waals surface area (Å²) in [5, 5.41) is 13.9. The standard InChI is InChI=1S/C11H14N2O2/c1-8-2-3-9-6-10(13(14)15)4-5-11(9)12-7-8/h4-6,8,12H,2-3,7H2,1H3. The maximum Gasteiger partial charge on any atom is 0.269 e. The van der Waals surface area contributed by atoms with E-state index in [4.69, 9.17) is 0 Å². The second-order valence-electron chi connectivity index (χ2n) is 4.12. The van der Waals surface area contributed by atoms with Gasteiger partial charge in [-0.3, -0.25) is 10.1 Å². The molecule has 0 amide bonds. The van der Waals surface area contributed by atoms with E-state index in [1.807, 2.05) is 6.07 Å². The monoisotopic (exact) mass is 206 g/mol. The average Bonchev–Trinajstić information content (AvgIpc) is 2.40. The first-order valence-electron chi connectivity index (χ1n) is 5.18. The highest BCUT2D eigenvalue weighted by Gasteiger charge is 2.15. The third kappa shape index (κ3) is 2.09. The zero-order valence-electron chi connectivity index (χ0n) is 8.69. The first-order chi connectivity index (χ1) is 7.16. The van der Waals surface area contributed by atoms with Gasteiger partial charge in [0, 0.05) is 24.4 Å². The zero-order chi connectivity index (χ0) is 10.8. The Hall–Kier alpha value is -1.58. The van der Waals surface area contributed by atoms with Crippen LogP contribution in [0.5, 0.6) is 0 Å². The number of anilines is 1. The first-order valence-corrected chi connectivity index (χ1v) is 5.18. The van der Waals surface area contributed by atoms with Gasteiger partial charge in [0.05, 0.1) is 4.92 Å². The van der Waals surface area contributed by atoms with Crippen LogP contribution in [-0.2, 0) is 6.42 Å². The maximum atomic E-state index is 10.6. The lowest BCUT2D eigenvalue weighted by molar-refractivity contribution is -0.384. The van der Waals surface area contributed by atoms with E-state index < -0.39 is 0 Å². The largest absolute Gasteiger partial charge is 0.385 e. The van der Waals surface area contributed by atoms with E-state index in [0.29, 0.717) is 5.92 Å². The van der Waals surface area contributed by atoms with Crippen LogP contribution in [-0.4, -0.2) is 11.5 Å². The van der Waals surface area contributed by atoms with E-state index >= 15 is 0 Å². The number of nitrogens with one attached hydrogen (secondary N) is 1. The predicted octanol–water partition coefficient (Wildman–Crippen LogP) is 2.59. The van der Waals surface area contributed by atoms with Gasteiger partial charge in [0.2, 0.25) is 0 Å². The van der Waals surface area contributed by atoms with E-state index in [1.54, 1.807) is 12.1 Å². The van der Waals surface area contributed by atoms with Crippen molar-refractivity contribution < 1.29 is 4.92 Å². The summed E-state index contributed by atoms with van der Waals surface area (Å²) in [6.07, 6.45) is 2.01. The number of benzene rings is 1. The van der Waals surface area contributed by atoms with Crippen molar-refractivity contribution in [3.63, 3.8) is 0 Å². The Labute approximate surface area is 88.5 Å². The minimum absolute atomic E-state index is 0.185. The Morgan fingerprint density at radius 1 is 1.53 bits per heavy atom. The summed E-state index contributed by atoms with van der Waals surface area (Å²) in [4.78, 5) is 10.3. The summed E-state index contributed by atoms with van der Waals surface area (Å²) in [6, 6.07) is 5.05. The Bertz CT molecular complexity index is 390. The topological polar surface area (TPSA) is 55.2 Å². The van der Waals surface area contributed by atoms with E-state index in [-0.39, 0.29) is 10.6 Å². The van der Waals surface area contributed by atoms with Crippen LogP contribution >= 0.6 is 0 Å². The summed E-state index contributed by atoms with van der Waals surface area (Å²) < 4.78 is 0. The number of nitro benzene ring substituents is 1. The molecule has 1 unspecified atom stereocenters. The normalized spacial score (nSPS) is 19.9. The number of fused-ring (bicyclic) bond motifs is 1. The highest BCUT2D eigenvalue weighted by molar-refractivity contribution is 5.56. The van der Waals surface area contributed by atoms with Crippen molar-refractivity contribution in [3.05, 3.63) is 33.9 Å². The molecule has 0 fully saturated rings. The molecular formula is C11H14N2O2. The van der Waals surface area contributed by atoms with E-state index in [1.165, 1.54) is 0 Å². The van der Waals surface area contributed by atoms with Crippen LogP contribution < -0.4 is 5.32 Å². The van der Waals surface area contributed by atoms with Gasteiger partial charge in [-0.2, -0.15) is 0 Å². The number of nitrogens with zero attached hydrogens (tertiary/aromatic N) is 1. The van der Waals surface area contributed by atoms with Crippen LogP contribution in [0, 0.1) is 16.0 Å². The van der Waals surface area contributed by atoms with Gasteiger partial charge in [-0.1, -0.05) is 6.92 Å². The van der Waals surface area contributed by atoms with Crippen molar-refractivity contribution >= 4 is 11.4 Å². The molecule has 1 aliphatic heterocycles. The Balaban J connectivity index is 2.32. The van der Waals surface area contributed by atoms with Crippen LogP contribution in [0.4, 0.5) is 11.4 Å². The van der Waals surface area contributed by atoms with Gasteiger partial charge in [0.1, 0.15) is 0 Å². The summed E-state index contributed by atoms with van der Waals surface area (Å²) in [5.74, 6) is 0.622. The summed E-state index contributed by atoms with van der Waals surface area (Å²) in [6.45, 7) is 3.14. The average molecular weight is 206 g/mol. The lowest BCUT2D eigenvalue weighted by atomic mass is 10.0. The van der Waals surface area contributed by atoms with E-state index in [0.717, 1.165) is 30.6 Å². The molecule has 4 nitrogen and oxygen atoms in total. The van der Waals surface area contributed by atoms with Gasteiger partial charge in [0.25, 0.3) is 5.69 Å². The minimum Gasteiger partial charge on any atom is -0.385 e. The van der Waals surface area contributed by atoms with Gasteiger partial charge < -0.3 is 5.32 Å². The van der Waals surface area contributed by atoms with Crippen LogP contribution in [0.1, 0.15) is 18.9 Å². The van der Waals surface area contributed by atoms with Crippen molar-refractivity contribution in [3.8, 4) is 0 Å². The molecule has 1 aliphatic rings. The van der Waals surface area contributed by atoms with Gasteiger partial charge in [-0.15, -0.1) is 0 Å². The Kier molecular flexibility index (Phi) is 2.58. The molecule has 0 saturated heterocycles. The molecule has 4 heteroatoms. The molecule has 1 aromatic carbocycles. The molecule has 2 rings (SSSR count). The van der Waals surface area contributed by atoms with Crippen LogP contribution in [0.25, 0.3) is 0 Å². The summed E-state index contributed by atoms with van der Waals surface area (Å²) >= 11 is 0. The van der Waals surface area contributed by atoms with Crippen molar-refractivity contribution in [1.29, 1.82) is 0 Å². The third-order valence-electron chi connectivity index (χ3n) is 2.85. The summed E-state index contributed by atoms with van der Waals surface area (Å²) in [5.41, 5.74) is 2.30. The quantitative estimate of drug-likeness (QED) is 0.567. The highest BCUT2D eigenvalue weighted by atomic mass is 16.6. The number of aryl methyl sites for hydroxylation is 1. The number of rotatable bonds is 1. The Morgan fingerprint density at radius 3 is 3.07 bits per heavy atom. The van der Waals surface area contributed by atoms with Gasteiger partial charge >= 0.3 is 0 Å². The van der Waals surface area contributed by atoms with E-state index in [9.17, 15) is 10.1 Å². The highest BCUT2D eigenvalue weighted by Crippen LogP contribution is 2.27. The summed E-state index contributed by atoms with van der Waals surface area (Å²) in [7, 11) is 0. The molecule has 1 aromatic rings. The fraction of sp³-hybridized carbons (Fsp3) is 0.455. The molecule has 1 atom stereocenters. The first kappa shape index (κ1) is 9.96. The van der Waals surface area contributed by atoms with E-state index in [2.05, 4.69) is 12.2 Å². The fourth-order valence-electron chi connectivity index (χ4n) is 1.86. The maximum absolute atomic E-state index is 10.6. The molecule has 0 bridgehead atoms. The zero-order valence-corrected chi connectivity index (χ0v) is 8.69. The SMILES string of the molecule is CC1CCc2cc([N+](=O)[O-])ccc2NC1. The lowest BCUT2D eigenvalue weighted by Crippen LogP contribution is -2.08. The molecule has 0 spiro atoms. The van der Waals surface area contributed by atoms with Gasteiger partial charge in [0.15, 0.2) is 0 Å². The molecule has 80 valence electrons. The number of hydrogen-bond acceptors (Lipinski definition) is 3. The lowest BCUT2D eigenvalue weighted by Gasteiger charge is -2.07. The van der Waals surface area contributed by atoms with Crippen LogP contribution in [0.2, 0.25) is 0 Å². The molecule has 1 heterocycles. The molecular weight excluding hydrogens is 192 g/mol. The molecule has 0 saturated carbocycles. The molecule has 0 radical (unpaired) electrons. The van der Waals surface area contributed by atoms with Crippen molar-refractivity contribution in [2.75, 3.05) is 11.9 Å². The number of nitro groups is 1. The predicted molar refractivity (Wildman–Crippen MR) is 59.1 cm³/mol. The van der Waals surface area contributed by atoms with Gasteiger partial charge in [-0.25, -0.2) is 0 Å². The second kappa shape index (κ2) is 3.88. The van der Waals surface area contributed by atoms with Crippen molar-refractivity contribution in [2.24, 2.45) is 5.92 Å². The molecule has 1 N–H and O–H groups in total. The van der Waals surface area contributed by atoms with Crippen molar-refractivity contribution in [2.45, 2.75) is 19.8 Å². The van der Waals surface area contributed by atoms with Gasteiger partial charge in [-0.05, 0) is 30.4 Å². The second-order valence-corrected chi connectivity index (χ2v) is 4.12. The molecule has 0 aromatic heterocycles. The smallest absolute Gasteiger partial charge is 0.269 e. The van der Waals surface area contributed by atoms with Crippen LogP contribution in [0.3, 0.4) is 0 Å². The number of non-ortho nitro benzene ring substituents is 1. The molecule has 15 heavy (non-hydrogen) atoms. The number of hydrogen-bond donors (Lipinski definition) is 1. The Morgan fingerprint density at radius 2 is 2.33 bits per heavy atom. The van der Waals surface area contributed by atoms with Crippen LogP contribution in [0.15, 0.2) is 18.2 Å². The van der Waals surface area contributed by atoms with Crippen molar-refractivity contribution in [1.82, 2.24) is 0 Å². The molecule has 0 aliphatic carbocycles.